The molecule has 0 saturated carbocycles. The third-order valence-electron chi connectivity index (χ3n) is 2.73. The summed E-state index contributed by atoms with van der Waals surface area (Å²) in [6, 6.07) is 0. The molecule has 0 aliphatic carbocycles. The van der Waals surface area contributed by atoms with Crippen LogP contribution in [0.1, 0.15) is 6.92 Å². The van der Waals surface area contributed by atoms with Crippen molar-refractivity contribution in [2.75, 3.05) is 33.7 Å². The van der Waals surface area contributed by atoms with E-state index in [9.17, 15) is 4.79 Å². The maximum absolute atomic E-state index is 11.2. The molecule has 1 rings (SSSR count). The summed E-state index contributed by atoms with van der Waals surface area (Å²) in [7, 11) is 3.80. The lowest BCUT2D eigenvalue weighted by Gasteiger charge is -2.51. The van der Waals surface area contributed by atoms with Gasteiger partial charge in [-0.2, -0.15) is 0 Å². The zero-order chi connectivity index (χ0) is 9.35. The maximum Gasteiger partial charge on any atom is 0.240 e. The monoisotopic (exact) mass is 171 g/mol. The average molecular weight is 171 g/mol. The fourth-order valence-corrected chi connectivity index (χ4v) is 1.58. The van der Waals surface area contributed by atoms with Crippen molar-refractivity contribution in [1.82, 2.24) is 9.80 Å². The van der Waals surface area contributed by atoms with Crippen LogP contribution in [0.25, 0.3) is 0 Å². The topological polar surface area (TPSA) is 49.6 Å². The second-order valence-corrected chi connectivity index (χ2v) is 3.59. The average Bonchev–Trinajstić information content (AvgIpc) is 1.83. The fraction of sp³-hybridized carbons (Fsp3) is 0.875. The van der Waals surface area contributed by atoms with Crippen LogP contribution in [-0.2, 0) is 4.79 Å². The molecule has 0 aromatic rings. The van der Waals surface area contributed by atoms with Crippen LogP contribution in [0, 0.1) is 0 Å². The van der Waals surface area contributed by atoms with Crippen LogP contribution >= 0.6 is 0 Å². The minimum atomic E-state index is -0.407. The number of rotatable bonds is 3. The Morgan fingerprint density at radius 1 is 1.58 bits per heavy atom. The van der Waals surface area contributed by atoms with Crippen LogP contribution < -0.4 is 5.73 Å². The van der Waals surface area contributed by atoms with Gasteiger partial charge in [-0.05, 0) is 20.6 Å². The lowest BCUT2D eigenvalue weighted by Crippen LogP contribution is -2.73. The van der Waals surface area contributed by atoms with E-state index >= 15 is 0 Å². The Hall–Kier alpha value is -0.610. The van der Waals surface area contributed by atoms with Gasteiger partial charge in [0.05, 0.1) is 0 Å². The summed E-state index contributed by atoms with van der Waals surface area (Å²) >= 11 is 0. The minimum Gasteiger partial charge on any atom is -0.368 e. The largest absolute Gasteiger partial charge is 0.368 e. The van der Waals surface area contributed by atoms with Crippen LogP contribution in [0.4, 0.5) is 0 Å². The molecule has 70 valence electrons. The third kappa shape index (κ3) is 1.21. The van der Waals surface area contributed by atoms with Crippen LogP contribution in [0.2, 0.25) is 0 Å². The molecule has 1 aliphatic heterocycles. The summed E-state index contributed by atoms with van der Waals surface area (Å²) in [4.78, 5) is 15.3. The molecular formula is C8H17N3O. The van der Waals surface area contributed by atoms with E-state index in [4.69, 9.17) is 5.73 Å². The van der Waals surface area contributed by atoms with E-state index in [1.54, 1.807) is 0 Å². The molecule has 12 heavy (non-hydrogen) atoms. The van der Waals surface area contributed by atoms with Crippen LogP contribution in [0.5, 0.6) is 0 Å². The van der Waals surface area contributed by atoms with Gasteiger partial charge >= 0.3 is 0 Å². The number of nitrogens with zero attached hydrogens (tertiary/aromatic N) is 2. The smallest absolute Gasteiger partial charge is 0.240 e. The van der Waals surface area contributed by atoms with Crippen molar-refractivity contribution in [2.24, 2.45) is 5.73 Å². The van der Waals surface area contributed by atoms with Crippen molar-refractivity contribution in [3.63, 3.8) is 0 Å². The van der Waals surface area contributed by atoms with Gasteiger partial charge in [0, 0.05) is 13.1 Å². The molecule has 1 fully saturated rings. The number of hydrogen-bond acceptors (Lipinski definition) is 3. The molecule has 0 atom stereocenters. The molecule has 1 saturated heterocycles. The number of hydrogen-bond donors (Lipinski definition) is 1. The van der Waals surface area contributed by atoms with Crippen molar-refractivity contribution in [3.05, 3.63) is 0 Å². The molecule has 4 nitrogen and oxygen atoms in total. The number of nitrogens with two attached hydrogens (primary N) is 1. The second kappa shape index (κ2) is 3.03. The molecular weight excluding hydrogens is 154 g/mol. The first-order valence-corrected chi connectivity index (χ1v) is 4.22. The molecule has 0 unspecified atom stereocenters. The zero-order valence-electron chi connectivity index (χ0n) is 8.00. The van der Waals surface area contributed by atoms with Crippen molar-refractivity contribution in [1.29, 1.82) is 0 Å². The Morgan fingerprint density at radius 2 is 2.08 bits per heavy atom. The predicted molar refractivity (Wildman–Crippen MR) is 47.7 cm³/mol. The predicted octanol–water partition coefficient (Wildman–Crippen LogP) is -0.892. The minimum absolute atomic E-state index is 0.211. The molecule has 2 N–H and O–H groups in total. The molecule has 4 heteroatoms. The lowest BCUT2D eigenvalue weighted by atomic mass is 9.88. The first-order valence-electron chi connectivity index (χ1n) is 4.22. The Balaban J connectivity index is 2.62. The number of likely N-dealkylation sites (N-methyl/N-ethyl adjacent to an activating group) is 2. The molecule has 0 radical (unpaired) electrons. The van der Waals surface area contributed by atoms with Gasteiger partial charge in [-0.15, -0.1) is 0 Å². The van der Waals surface area contributed by atoms with Crippen molar-refractivity contribution >= 4 is 5.91 Å². The van der Waals surface area contributed by atoms with Gasteiger partial charge in [-0.3, -0.25) is 14.6 Å². The first-order chi connectivity index (χ1) is 5.53. The van der Waals surface area contributed by atoms with Crippen LogP contribution in [-0.4, -0.2) is 55.0 Å². The van der Waals surface area contributed by atoms with Crippen LogP contribution in [0.3, 0.4) is 0 Å². The highest BCUT2D eigenvalue weighted by molar-refractivity contribution is 5.86. The Bertz CT molecular complexity index is 185. The van der Waals surface area contributed by atoms with E-state index in [0.29, 0.717) is 0 Å². The highest BCUT2D eigenvalue weighted by atomic mass is 16.2. The van der Waals surface area contributed by atoms with Gasteiger partial charge < -0.3 is 5.73 Å². The second-order valence-electron chi connectivity index (χ2n) is 3.59. The van der Waals surface area contributed by atoms with E-state index in [2.05, 4.69) is 11.8 Å². The number of likely N-dealkylation sites (tertiary alicyclic amines) is 1. The molecule has 0 aromatic carbocycles. The van der Waals surface area contributed by atoms with Crippen LogP contribution in [0.15, 0.2) is 0 Å². The molecule has 1 heterocycles. The Morgan fingerprint density at radius 3 is 2.33 bits per heavy atom. The maximum atomic E-state index is 11.2. The highest BCUT2D eigenvalue weighted by Crippen LogP contribution is 2.24. The Labute approximate surface area is 73.3 Å². The number of amides is 1. The molecule has 0 bridgehead atoms. The van der Waals surface area contributed by atoms with E-state index < -0.39 is 5.54 Å². The summed E-state index contributed by atoms with van der Waals surface area (Å²) in [5, 5.41) is 0. The van der Waals surface area contributed by atoms with Gasteiger partial charge in [0.25, 0.3) is 0 Å². The van der Waals surface area contributed by atoms with Gasteiger partial charge in [0.15, 0.2) is 0 Å². The number of primary amides is 1. The van der Waals surface area contributed by atoms with E-state index in [1.165, 1.54) is 0 Å². The summed E-state index contributed by atoms with van der Waals surface area (Å²) < 4.78 is 0. The quantitative estimate of drug-likeness (QED) is 0.599. The van der Waals surface area contributed by atoms with Gasteiger partial charge in [-0.25, -0.2) is 0 Å². The van der Waals surface area contributed by atoms with Crippen molar-refractivity contribution in [3.8, 4) is 0 Å². The van der Waals surface area contributed by atoms with Gasteiger partial charge in [0.2, 0.25) is 5.91 Å². The highest BCUT2D eigenvalue weighted by Gasteiger charge is 2.49. The first kappa shape index (κ1) is 9.48. The van der Waals surface area contributed by atoms with Gasteiger partial charge in [0.1, 0.15) is 5.54 Å². The zero-order valence-corrected chi connectivity index (χ0v) is 8.00. The summed E-state index contributed by atoms with van der Waals surface area (Å²) in [6.07, 6.45) is 0. The van der Waals surface area contributed by atoms with E-state index in [0.717, 1.165) is 19.6 Å². The lowest BCUT2D eigenvalue weighted by molar-refractivity contribution is -0.139. The normalized spacial score (nSPS) is 22.3. The van der Waals surface area contributed by atoms with Crippen molar-refractivity contribution in [2.45, 2.75) is 12.5 Å². The third-order valence-corrected chi connectivity index (χ3v) is 2.73. The summed E-state index contributed by atoms with van der Waals surface area (Å²) in [6.45, 7) is 4.61. The van der Waals surface area contributed by atoms with E-state index in [1.807, 2.05) is 19.0 Å². The molecule has 1 amide bonds. The van der Waals surface area contributed by atoms with E-state index in [-0.39, 0.29) is 5.91 Å². The molecule has 0 spiro atoms. The van der Waals surface area contributed by atoms with Crippen molar-refractivity contribution < 1.29 is 4.79 Å². The number of carbonyl (C=O) groups is 1. The fourth-order valence-electron chi connectivity index (χ4n) is 1.58. The SMILES string of the molecule is CCN1CC(C(N)=O)(N(C)C)C1. The van der Waals surface area contributed by atoms with Gasteiger partial charge in [-0.1, -0.05) is 6.92 Å². The molecule has 0 aromatic heterocycles. The molecule has 1 aliphatic rings. The Kier molecular flexibility index (Phi) is 2.39. The number of carbonyl (C=O) groups excluding carboxylic acids is 1. The summed E-state index contributed by atoms with van der Waals surface area (Å²) in [5.41, 5.74) is 4.94. The summed E-state index contributed by atoms with van der Waals surface area (Å²) in [5.74, 6) is -0.211. The standard InChI is InChI=1S/C8H17N3O/c1-4-11-5-8(6-11,7(9)12)10(2)3/h4-6H2,1-3H3,(H2,9,12).